The molecule has 1 saturated heterocycles. The third-order valence-corrected chi connectivity index (χ3v) is 3.99. The van der Waals surface area contributed by atoms with Gasteiger partial charge in [-0.3, -0.25) is 9.59 Å². The summed E-state index contributed by atoms with van der Waals surface area (Å²) in [4.78, 5) is 22.7. The van der Waals surface area contributed by atoms with E-state index in [0.29, 0.717) is 19.6 Å². The zero-order valence-electron chi connectivity index (χ0n) is 14.1. The van der Waals surface area contributed by atoms with E-state index >= 15 is 0 Å². The molecule has 1 aliphatic heterocycles. The molecule has 2 atom stereocenters. The SMILES string of the molecule is COC(=O)CCOCC(Nc1cn[nH]c(=O)c1C(F)(F)F)C1CCOC1. The number of esters is 1. The number of hydrogen-bond acceptors (Lipinski definition) is 7. The van der Waals surface area contributed by atoms with E-state index in [2.05, 4.69) is 15.2 Å². The minimum Gasteiger partial charge on any atom is -0.469 e. The summed E-state index contributed by atoms with van der Waals surface area (Å²) in [7, 11) is 1.25. The standard InChI is InChI=1S/C15H20F3N3O5/c1-24-12(22)3-5-26-8-11(9-2-4-25-7-9)20-10-6-19-21-14(23)13(10)15(16,17)18/h6,9,11H,2-5,7-8H2,1H3,(H2,20,21,23). The molecule has 11 heteroatoms. The summed E-state index contributed by atoms with van der Waals surface area (Å²) in [5, 5.41) is 7.94. The minimum absolute atomic E-state index is 0.0325. The van der Waals surface area contributed by atoms with Crippen molar-refractivity contribution in [3.8, 4) is 0 Å². The van der Waals surface area contributed by atoms with E-state index in [9.17, 15) is 22.8 Å². The van der Waals surface area contributed by atoms with Crippen molar-refractivity contribution in [1.82, 2.24) is 10.2 Å². The Morgan fingerprint density at radius 2 is 2.31 bits per heavy atom. The van der Waals surface area contributed by atoms with E-state index in [0.717, 1.165) is 6.20 Å². The van der Waals surface area contributed by atoms with Crippen LogP contribution in [0.3, 0.4) is 0 Å². The van der Waals surface area contributed by atoms with Crippen LogP contribution in [-0.2, 0) is 25.2 Å². The predicted molar refractivity (Wildman–Crippen MR) is 83.6 cm³/mol. The maximum absolute atomic E-state index is 13.2. The highest BCUT2D eigenvalue weighted by Crippen LogP contribution is 2.32. The summed E-state index contributed by atoms with van der Waals surface area (Å²) in [6.45, 7) is 0.952. The van der Waals surface area contributed by atoms with E-state index in [1.807, 2.05) is 0 Å². The molecule has 0 radical (unpaired) electrons. The van der Waals surface area contributed by atoms with Crippen molar-refractivity contribution >= 4 is 11.7 Å². The summed E-state index contributed by atoms with van der Waals surface area (Å²) in [5.41, 5.74) is -3.09. The molecule has 1 aromatic rings. The van der Waals surface area contributed by atoms with Crippen molar-refractivity contribution in [1.29, 1.82) is 0 Å². The zero-order chi connectivity index (χ0) is 19.2. The average molecular weight is 379 g/mol. The van der Waals surface area contributed by atoms with Crippen LogP contribution in [0.4, 0.5) is 18.9 Å². The number of H-pyrrole nitrogens is 1. The first-order chi connectivity index (χ1) is 12.3. The first-order valence-corrected chi connectivity index (χ1v) is 7.96. The Labute approximate surface area is 147 Å². The molecule has 1 aromatic heterocycles. The number of hydrogen-bond donors (Lipinski definition) is 2. The quantitative estimate of drug-likeness (QED) is 0.517. The number of carbonyl (C=O) groups excluding carboxylic acids is 1. The highest BCUT2D eigenvalue weighted by Gasteiger charge is 2.38. The monoisotopic (exact) mass is 379 g/mol. The largest absolute Gasteiger partial charge is 0.469 e. The van der Waals surface area contributed by atoms with Crippen molar-refractivity contribution < 1.29 is 32.2 Å². The molecule has 2 rings (SSSR count). The topological polar surface area (TPSA) is 103 Å². The Kier molecular flexibility index (Phi) is 6.98. The Balaban J connectivity index is 2.11. The van der Waals surface area contributed by atoms with Gasteiger partial charge in [-0.25, -0.2) is 5.10 Å². The van der Waals surface area contributed by atoms with E-state index < -0.39 is 35.0 Å². The number of rotatable bonds is 8. The number of nitrogens with one attached hydrogen (secondary N) is 2. The molecule has 0 saturated carbocycles. The van der Waals surface area contributed by atoms with Crippen LogP contribution in [-0.4, -0.2) is 55.7 Å². The lowest BCUT2D eigenvalue weighted by molar-refractivity contribution is -0.142. The van der Waals surface area contributed by atoms with E-state index in [1.165, 1.54) is 7.11 Å². The second kappa shape index (κ2) is 8.99. The van der Waals surface area contributed by atoms with Gasteiger partial charge in [0, 0.05) is 12.5 Å². The van der Waals surface area contributed by atoms with Crippen molar-refractivity contribution in [3.63, 3.8) is 0 Å². The van der Waals surface area contributed by atoms with E-state index in [4.69, 9.17) is 9.47 Å². The van der Waals surface area contributed by atoms with E-state index in [1.54, 1.807) is 5.10 Å². The number of aromatic amines is 1. The van der Waals surface area contributed by atoms with Crippen LogP contribution in [0.2, 0.25) is 0 Å². The Hall–Kier alpha value is -2.14. The minimum atomic E-state index is -4.83. The number of carbonyl (C=O) groups is 1. The van der Waals surface area contributed by atoms with Crippen LogP contribution >= 0.6 is 0 Å². The van der Waals surface area contributed by atoms with Crippen LogP contribution in [0.5, 0.6) is 0 Å². The van der Waals surface area contributed by atoms with Crippen LogP contribution in [0.1, 0.15) is 18.4 Å². The van der Waals surface area contributed by atoms with Gasteiger partial charge in [0.05, 0.1) is 51.3 Å². The third kappa shape index (κ3) is 5.43. The molecule has 2 N–H and O–H groups in total. The molecular weight excluding hydrogens is 359 g/mol. The molecule has 1 fully saturated rings. The van der Waals surface area contributed by atoms with Crippen LogP contribution in [0.25, 0.3) is 0 Å². The summed E-state index contributed by atoms with van der Waals surface area (Å²) in [6.07, 6.45) is -3.25. The predicted octanol–water partition coefficient (Wildman–Crippen LogP) is 1.19. The maximum Gasteiger partial charge on any atom is 0.423 e. The normalized spacial score (nSPS) is 18.5. The molecule has 0 aromatic carbocycles. The van der Waals surface area contributed by atoms with Crippen LogP contribution < -0.4 is 10.9 Å². The lowest BCUT2D eigenvalue weighted by atomic mass is 9.99. The van der Waals surface area contributed by atoms with Gasteiger partial charge in [0.15, 0.2) is 0 Å². The molecule has 2 unspecified atom stereocenters. The summed E-state index contributed by atoms with van der Waals surface area (Å²) >= 11 is 0. The molecule has 146 valence electrons. The summed E-state index contributed by atoms with van der Waals surface area (Å²) < 4.78 is 54.7. The number of alkyl halides is 3. The van der Waals surface area contributed by atoms with Gasteiger partial charge >= 0.3 is 12.1 Å². The average Bonchev–Trinajstić information content (AvgIpc) is 3.10. The summed E-state index contributed by atoms with van der Waals surface area (Å²) in [6, 6.07) is -0.542. The smallest absolute Gasteiger partial charge is 0.423 e. The maximum atomic E-state index is 13.2. The van der Waals surface area contributed by atoms with Gasteiger partial charge < -0.3 is 19.5 Å². The molecule has 1 aliphatic rings. The molecule has 0 spiro atoms. The van der Waals surface area contributed by atoms with Crippen molar-refractivity contribution in [2.75, 3.05) is 38.9 Å². The van der Waals surface area contributed by atoms with Gasteiger partial charge in [0.2, 0.25) is 0 Å². The van der Waals surface area contributed by atoms with Crippen molar-refractivity contribution in [2.45, 2.75) is 25.1 Å². The highest BCUT2D eigenvalue weighted by atomic mass is 19.4. The van der Waals surface area contributed by atoms with Gasteiger partial charge in [-0.1, -0.05) is 0 Å². The highest BCUT2D eigenvalue weighted by molar-refractivity contribution is 5.69. The summed E-state index contributed by atoms with van der Waals surface area (Å²) in [5.74, 6) is -0.551. The van der Waals surface area contributed by atoms with Crippen molar-refractivity contribution in [2.24, 2.45) is 5.92 Å². The molecule has 0 bridgehead atoms. The fourth-order valence-corrected chi connectivity index (χ4v) is 2.62. The Morgan fingerprint density at radius 1 is 1.54 bits per heavy atom. The first-order valence-electron chi connectivity index (χ1n) is 7.96. The van der Waals surface area contributed by atoms with Crippen LogP contribution in [0, 0.1) is 5.92 Å². The number of halogens is 3. The molecule has 8 nitrogen and oxygen atoms in total. The molecule has 2 heterocycles. The second-order valence-corrected chi connectivity index (χ2v) is 5.76. The number of ether oxygens (including phenoxy) is 3. The molecule has 26 heavy (non-hydrogen) atoms. The molecule has 0 amide bonds. The second-order valence-electron chi connectivity index (χ2n) is 5.76. The lowest BCUT2D eigenvalue weighted by Gasteiger charge is -2.25. The fraction of sp³-hybridized carbons (Fsp3) is 0.667. The van der Waals surface area contributed by atoms with Gasteiger partial charge in [-0.05, 0) is 6.42 Å². The van der Waals surface area contributed by atoms with Crippen LogP contribution in [0.15, 0.2) is 11.0 Å². The number of aromatic nitrogens is 2. The van der Waals surface area contributed by atoms with Gasteiger partial charge in [0.25, 0.3) is 5.56 Å². The van der Waals surface area contributed by atoms with Crippen molar-refractivity contribution in [3.05, 3.63) is 22.1 Å². The molecular formula is C15H20F3N3O5. The zero-order valence-corrected chi connectivity index (χ0v) is 14.1. The van der Waals surface area contributed by atoms with Gasteiger partial charge in [0.1, 0.15) is 5.56 Å². The van der Waals surface area contributed by atoms with Gasteiger partial charge in [-0.2, -0.15) is 18.3 Å². The lowest BCUT2D eigenvalue weighted by Crippen LogP contribution is -2.36. The number of methoxy groups -OCH3 is 1. The Morgan fingerprint density at radius 3 is 2.92 bits per heavy atom. The van der Waals surface area contributed by atoms with E-state index in [-0.39, 0.29) is 25.6 Å². The van der Waals surface area contributed by atoms with Gasteiger partial charge in [-0.15, -0.1) is 0 Å². The third-order valence-electron chi connectivity index (χ3n) is 3.99. The fourth-order valence-electron chi connectivity index (χ4n) is 2.62. The number of anilines is 1. The first kappa shape index (κ1) is 20.2. The number of nitrogens with zero attached hydrogens (tertiary/aromatic N) is 1. The molecule has 0 aliphatic carbocycles. The Bertz CT molecular complexity index is 659.